The van der Waals surface area contributed by atoms with Crippen LogP contribution in [0.15, 0.2) is 16.9 Å². The van der Waals surface area contributed by atoms with Gasteiger partial charge in [0.15, 0.2) is 5.69 Å². The van der Waals surface area contributed by atoms with Crippen molar-refractivity contribution >= 4 is 17.6 Å². The van der Waals surface area contributed by atoms with Crippen molar-refractivity contribution < 1.29 is 9.90 Å². The fourth-order valence-electron chi connectivity index (χ4n) is 1.84. The lowest BCUT2D eigenvalue weighted by molar-refractivity contribution is 0.0687. The van der Waals surface area contributed by atoms with Crippen molar-refractivity contribution in [2.75, 3.05) is 0 Å². The second kappa shape index (κ2) is 5.46. The van der Waals surface area contributed by atoms with Crippen LogP contribution in [0.4, 0.5) is 0 Å². The molecule has 8 heteroatoms. The number of carbonyl (C=O) groups is 1. The molecule has 0 bridgehead atoms. The first-order valence-corrected chi connectivity index (χ1v) is 6.35. The van der Waals surface area contributed by atoms with Gasteiger partial charge in [-0.15, -0.1) is 0 Å². The van der Waals surface area contributed by atoms with Gasteiger partial charge in [0.2, 0.25) is 0 Å². The molecule has 0 spiro atoms. The van der Waals surface area contributed by atoms with E-state index in [1.807, 2.05) is 6.92 Å². The summed E-state index contributed by atoms with van der Waals surface area (Å²) in [5.74, 6) is -1.19. The Hall–Kier alpha value is -2.15. The number of carboxylic acids is 1. The van der Waals surface area contributed by atoms with Crippen LogP contribution in [0.3, 0.4) is 0 Å². The van der Waals surface area contributed by atoms with Gasteiger partial charge in [-0.3, -0.25) is 9.48 Å². The number of aromatic nitrogens is 4. The summed E-state index contributed by atoms with van der Waals surface area (Å²) in [6, 6.07) is 2.34. The second-order valence-corrected chi connectivity index (χ2v) is 4.56. The maximum atomic E-state index is 11.8. The average Bonchev–Trinajstić information content (AvgIpc) is 2.68. The maximum Gasteiger partial charge on any atom is 0.356 e. The molecular weight excluding hydrogens is 284 g/mol. The van der Waals surface area contributed by atoms with E-state index >= 15 is 0 Å². The Morgan fingerprint density at radius 2 is 2.05 bits per heavy atom. The highest BCUT2D eigenvalue weighted by molar-refractivity contribution is 6.31. The van der Waals surface area contributed by atoms with Crippen LogP contribution in [0.2, 0.25) is 5.02 Å². The molecule has 106 valence electrons. The monoisotopic (exact) mass is 296 g/mol. The highest BCUT2D eigenvalue weighted by Gasteiger charge is 2.15. The van der Waals surface area contributed by atoms with Crippen LogP contribution < -0.4 is 5.56 Å². The van der Waals surface area contributed by atoms with Crippen molar-refractivity contribution in [1.29, 1.82) is 0 Å². The third-order valence-electron chi connectivity index (χ3n) is 2.84. The van der Waals surface area contributed by atoms with Gasteiger partial charge in [0.1, 0.15) is 0 Å². The van der Waals surface area contributed by atoms with Gasteiger partial charge in [0, 0.05) is 12.6 Å². The molecule has 0 fully saturated rings. The molecule has 0 aliphatic carbocycles. The van der Waals surface area contributed by atoms with Crippen LogP contribution in [0.5, 0.6) is 0 Å². The quantitative estimate of drug-likeness (QED) is 0.914. The van der Waals surface area contributed by atoms with E-state index < -0.39 is 11.5 Å². The van der Waals surface area contributed by atoms with Crippen LogP contribution >= 0.6 is 11.6 Å². The van der Waals surface area contributed by atoms with E-state index in [0.717, 1.165) is 4.68 Å². The number of rotatable bonds is 4. The summed E-state index contributed by atoms with van der Waals surface area (Å²) in [6.07, 6.45) is 0. The van der Waals surface area contributed by atoms with Crippen molar-refractivity contribution in [3.05, 3.63) is 44.6 Å². The predicted molar refractivity (Wildman–Crippen MR) is 72.2 cm³/mol. The number of hydrogen-bond acceptors (Lipinski definition) is 4. The molecule has 2 rings (SSSR count). The van der Waals surface area contributed by atoms with Crippen molar-refractivity contribution in [2.24, 2.45) is 0 Å². The number of aryl methyl sites for hydroxylation is 2. The van der Waals surface area contributed by atoms with Gasteiger partial charge in [0.25, 0.3) is 5.56 Å². The number of nitrogens with zero attached hydrogens (tertiary/aromatic N) is 4. The highest BCUT2D eigenvalue weighted by Crippen LogP contribution is 2.20. The highest BCUT2D eigenvalue weighted by atomic mass is 35.5. The summed E-state index contributed by atoms with van der Waals surface area (Å²) >= 11 is 6.15. The smallest absolute Gasteiger partial charge is 0.356 e. The second-order valence-electron chi connectivity index (χ2n) is 4.18. The van der Waals surface area contributed by atoms with E-state index in [4.69, 9.17) is 16.7 Å². The molecule has 7 nitrogen and oxygen atoms in total. The molecule has 0 aliphatic rings. The Morgan fingerprint density at radius 3 is 2.65 bits per heavy atom. The van der Waals surface area contributed by atoms with E-state index in [2.05, 4.69) is 10.2 Å². The van der Waals surface area contributed by atoms with Crippen molar-refractivity contribution in [1.82, 2.24) is 19.6 Å². The van der Waals surface area contributed by atoms with Crippen LogP contribution in [0.1, 0.15) is 28.8 Å². The van der Waals surface area contributed by atoms with Crippen LogP contribution in [-0.2, 0) is 13.1 Å². The van der Waals surface area contributed by atoms with Crippen LogP contribution in [0, 0.1) is 6.92 Å². The van der Waals surface area contributed by atoms with Gasteiger partial charge in [-0.05, 0) is 19.9 Å². The molecule has 0 aromatic carbocycles. The number of carboxylic acid groups (broad SMARTS) is 1. The Labute approximate surface area is 119 Å². The normalized spacial score (nSPS) is 10.8. The van der Waals surface area contributed by atoms with Crippen LogP contribution in [0.25, 0.3) is 0 Å². The summed E-state index contributed by atoms with van der Waals surface area (Å²) in [6.45, 7) is 4.34. The molecule has 2 aromatic heterocycles. The zero-order valence-corrected chi connectivity index (χ0v) is 11.8. The lowest BCUT2D eigenvalue weighted by atomic mass is 10.3. The number of halogens is 1. The Bertz CT molecular complexity index is 720. The minimum Gasteiger partial charge on any atom is -0.476 e. The van der Waals surface area contributed by atoms with E-state index in [1.165, 1.54) is 12.1 Å². The summed E-state index contributed by atoms with van der Waals surface area (Å²) in [4.78, 5) is 22.6. The van der Waals surface area contributed by atoms with Crippen molar-refractivity contribution in [3.63, 3.8) is 0 Å². The van der Waals surface area contributed by atoms with Crippen molar-refractivity contribution in [3.8, 4) is 0 Å². The zero-order valence-electron chi connectivity index (χ0n) is 11.0. The SMILES string of the molecule is CCn1nc(C)c(Cl)c1Cn1nc(C(=O)O)ccc1=O. The van der Waals surface area contributed by atoms with E-state index in [-0.39, 0.29) is 12.2 Å². The molecule has 0 aliphatic heterocycles. The third kappa shape index (κ3) is 2.57. The summed E-state index contributed by atoms with van der Waals surface area (Å²) < 4.78 is 2.73. The lowest BCUT2D eigenvalue weighted by Gasteiger charge is -2.07. The number of hydrogen-bond donors (Lipinski definition) is 1. The first-order chi connectivity index (χ1) is 9.43. The summed E-state index contributed by atoms with van der Waals surface area (Å²) in [5.41, 5.74) is 0.697. The molecular formula is C12H13ClN4O3. The minimum atomic E-state index is -1.19. The molecule has 0 amide bonds. The standard InChI is InChI=1S/C12H13ClN4O3/c1-3-16-9(11(13)7(2)14-16)6-17-10(18)5-4-8(15-17)12(19)20/h4-5H,3,6H2,1-2H3,(H,19,20). The fourth-order valence-corrected chi connectivity index (χ4v) is 2.03. The van der Waals surface area contributed by atoms with Crippen LogP contribution in [-0.4, -0.2) is 30.6 Å². The molecule has 2 heterocycles. The first kappa shape index (κ1) is 14.3. The molecule has 0 saturated carbocycles. The van der Waals surface area contributed by atoms with Gasteiger partial charge >= 0.3 is 5.97 Å². The molecule has 0 radical (unpaired) electrons. The molecule has 0 saturated heterocycles. The molecule has 0 atom stereocenters. The molecule has 2 aromatic rings. The van der Waals surface area contributed by atoms with Gasteiger partial charge in [-0.1, -0.05) is 11.6 Å². The van der Waals surface area contributed by atoms with Gasteiger partial charge < -0.3 is 5.11 Å². The molecule has 20 heavy (non-hydrogen) atoms. The molecule has 0 unspecified atom stereocenters. The average molecular weight is 297 g/mol. The van der Waals surface area contributed by atoms with E-state index in [9.17, 15) is 9.59 Å². The Balaban J connectivity index is 2.47. The predicted octanol–water partition coefficient (Wildman–Crippen LogP) is 1.17. The Morgan fingerprint density at radius 1 is 1.35 bits per heavy atom. The summed E-state index contributed by atoms with van der Waals surface area (Å²) in [7, 11) is 0. The largest absolute Gasteiger partial charge is 0.476 e. The van der Waals surface area contributed by atoms with E-state index in [1.54, 1.807) is 11.6 Å². The lowest BCUT2D eigenvalue weighted by Crippen LogP contribution is -2.26. The third-order valence-corrected chi connectivity index (χ3v) is 3.33. The van der Waals surface area contributed by atoms with Gasteiger partial charge in [-0.25, -0.2) is 9.48 Å². The number of aromatic carboxylic acids is 1. The molecule has 1 N–H and O–H groups in total. The van der Waals surface area contributed by atoms with Crippen molar-refractivity contribution in [2.45, 2.75) is 26.9 Å². The minimum absolute atomic E-state index is 0.0769. The van der Waals surface area contributed by atoms with E-state index in [0.29, 0.717) is 23.0 Å². The summed E-state index contributed by atoms with van der Waals surface area (Å²) in [5, 5.41) is 17.4. The maximum absolute atomic E-state index is 11.8. The zero-order chi connectivity index (χ0) is 14.9. The topological polar surface area (TPSA) is 90.0 Å². The first-order valence-electron chi connectivity index (χ1n) is 5.97. The van der Waals surface area contributed by atoms with Gasteiger partial charge in [0.05, 0.1) is 23.0 Å². The fraction of sp³-hybridized carbons (Fsp3) is 0.333. The van der Waals surface area contributed by atoms with Gasteiger partial charge in [-0.2, -0.15) is 10.2 Å². The Kier molecular flexibility index (Phi) is 3.89.